The molecule has 2 N–H and O–H groups in total. The summed E-state index contributed by atoms with van der Waals surface area (Å²) in [6, 6.07) is 0. The number of nitrogens with one attached hydrogen (secondary N) is 1. The Bertz CT molecular complexity index is 910. The minimum absolute atomic E-state index is 0.166. The van der Waals surface area contributed by atoms with E-state index < -0.39 is 24.2 Å². The van der Waals surface area contributed by atoms with Crippen LogP contribution in [0.4, 0.5) is 5.82 Å². The maximum Gasteiger partial charge on any atom is 0.191 e. The molecule has 0 radical (unpaired) electrons. The third-order valence-corrected chi connectivity index (χ3v) is 6.66. The van der Waals surface area contributed by atoms with Crippen LogP contribution in [0, 0.1) is 0 Å². The van der Waals surface area contributed by atoms with Gasteiger partial charge in [-0.15, -0.1) is 5.10 Å². The van der Waals surface area contributed by atoms with E-state index in [1.165, 1.54) is 19.3 Å². The summed E-state index contributed by atoms with van der Waals surface area (Å²) < 4.78 is 19.8. The molecule has 32 heavy (non-hydrogen) atoms. The first-order chi connectivity index (χ1) is 15.5. The fourth-order valence-corrected chi connectivity index (χ4v) is 4.82. The number of nitrogens with zero attached hydrogens (tertiary/aromatic N) is 5. The van der Waals surface area contributed by atoms with Crippen molar-refractivity contribution >= 4 is 28.7 Å². The molecule has 2 fully saturated rings. The van der Waals surface area contributed by atoms with E-state index in [9.17, 15) is 5.11 Å². The molecule has 2 aromatic rings. The number of aliphatic hydroxyl groups excluding tert-OH is 1. The minimum atomic E-state index is -0.760. The molecule has 4 atom stereocenters. The maximum absolute atomic E-state index is 9.81. The van der Waals surface area contributed by atoms with E-state index in [4.69, 9.17) is 24.2 Å². The Balaban J connectivity index is 1.64. The number of ether oxygens (including phenoxy) is 3. The second-order valence-corrected chi connectivity index (χ2v) is 9.77. The molecule has 2 aromatic heterocycles. The standard InChI is InChI=1S/C21H34N6O4S/c1-5-7-8-9-10-22-17-14-18(24-20(23-17)32-11-6-2)27(26-25-14)19-16-15(13(12-28)29-19)30-21(3,4)31-16/h13,15-16,19,28H,5-12H2,1-4H3,(H,22,23,24)/t13-,15-,16-,19-/m1/s1. The van der Waals surface area contributed by atoms with Crippen molar-refractivity contribution in [3.05, 3.63) is 0 Å². The zero-order valence-electron chi connectivity index (χ0n) is 19.3. The van der Waals surface area contributed by atoms with E-state index in [-0.39, 0.29) is 12.7 Å². The molecule has 2 aliphatic heterocycles. The number of rotatable bonds is 11. The lowest BCUT2D eigenvalue weighted by atomic mass is 10.1. The molecule has 2 saturated heterocycles. The first-order valence-electron chi connectivity index (χ1n) is 11.6. The highest BCUT2D eigenvalue weighted by Crippen LogP contribution is 2.43. The molecule has 0 aliphatic carbocycles. The molecular formula is C21H34N6O4S. The van der Waals surface area contributed by atoms with Crippen LogP contribution in [-0.4, -0.2) is 73.1 Å². The van der Waals surface area contributed by atoms with Gasteiger partial charge in [0, 0.05) is 12.3 Å². The Kier molecular flexibility index (Phi) is 7.51. The topological polar surface area (TPSA) is 116 Å². The van der Waals surface area contributed by atoms with Gasteiger partial charge in [-0.2, -0.15) is 4.68 Å². The van der Waals surface area contributed by atoms with E-state index in [0.717, 1.165) is 25.1 Å². The Labute approximate surface area is 192 Å². The van der Waals surface area contributed by atoms with Gasteiger partial charge in [-0.05, 0) is 26.7 Å². The Morgan fingerprint density at radius 1 is 1.09 bits per heavy atom. The number of fused-ring (bicyclic) bond motifs is 2. The molecule has 2 aliphatic rings. The molecule has 11 heteroatoms. The molecule has 10 nitrogen and oxygen atoms in total. The molecule has 4 heterocycles. The van der Waals surface area contributed by atoms with E-state index >= 15 is 0 Å². The van der Waals surface area contributed by atoms with Crippen LogP contribution in [0.1, 0.15) is 66.0 Å². The summed E-state index contributed by atoms with van der Waals surface area (Å²) in [6.07, 6.45) is 3.79. The number of anilines is 1. The molecule has 0 bridgehead atoms. The Morgan fingerprint density at radius 2 is 1.91 bits per heavy atom. The lowest BCUT2D eigenvalue weighted by molar-refractivity contribution is -0.201. The van der Waals surface area contributed by atoms with Gasteiger partial charge in [0.25, 0.3) is 0 Å². The van der Waals surface area contributed by atoms with E-state index in [2.05, 4.69) is 29.5 Å². The zero-order chi connectivity index (χ0) is 22.7. The number of hydrogen-bond acceptors (Lipinski definition) is 10. The van der Waals surface area contributed by atoms with Gasteiger partial charge in [0.15, 0.2) is 34.2 Å². The number of aromatic nitrogens is 5. The van der Waals surface area contributed by atoms with Gasteiger partial charge in [-0.3, -0.25) is 0 Å². The summed E-state index contributed by atoms with van der Waals surface area (Å²) in [6.45, 7) is 8.70. The minimum Gasteiger partial charge on any atom is -0.394 e. The molecule has 0 spiro atoms. The first kappa shape index (κ1) is 23.6. The molecule has 0 amide bonds. The molecule has 0 unspecified atom stereocenters. The van der Waals surface area contributed by atoms with Crippen LogP contribution in [0.3, 0.4) is 0 Å². The number of hydrogen-bond donors (Lipinski definition) is 2. The van der Waals surface area contributed by atoms with Crippen LogP contribution >= 0.6 is 11.8 Å². The summed E-state index contributed by atoms with van der Waals surface area (Å²) in [5, 5.41) is 22.7. The molecule has 4 rings (SSSR count). The highest BCUT2D eigenvalue weighted by molar-refractivity contribution is 7.99. The monoisotopic (exact) mass is 466 g/mol. The fourth-order valence-electron chi connectivity index (χ4n) is 4.12. The van der Waals surface area contributed by atoms with Crippen molar-refractivity contribution in [2.45, 2.75) is 95.3 Å². The van der Waals surface area contributed by atoms with E-state index in [1.807, 2.05) is 13.8 Å². The second-order valence-electron chi connectivity index (χ2n) is 8.71. The van der Waals surface area contributed by atoms with Gasteiger partial charge in [0.1, 0.15) is 18.3 Å². The van der Waals surface area contributed by atoms with Crippen LogP contribution in [0.15, 0.2) is 5.16 Å². The average molecular weight is 467 g/mol. The summed E-state index contributed by atoms with van der Waals surface area (Å²) in [7, 11) is 0. The van der Waals surface area contributed by atoms with Crippen molar-refractivity contribution < 1.29 is 19.3 Å². The van der Waals surface area contributed by atoms with Crippen molar-refractivity contribution in [2.24, 2.45) is 0 Å². The smallest absolute Gasteiger partial charge is 0.191 e. The third kappa shape index (κ3) is 4.86. The van der Waals surface area contributed by atoms with Crippen molar-refractivity contribution in [1.29, 1.82) is 0 Å². The summed E-state index contributed by atoms with van der Waals surface area (Å²) in [5.41, 5.74) is 1.19. The van der Waals surface area contributed by atoms with Gasteiger partial charge < -0.3 is 24.6 Å². The van der Waals surface area contributed by atoms with Gasteiger partial charge in [0.2, 0.25) is 0 Å². The van der Waals surface area contributed by atoms with Crippen LogP contribution in [0.25, 0.3) is 11.2 Å². The highest BCUT2D eigenvalue weighted by Gasteiger charge is 2.56. The lowest BCUT2D eigenvalue weighted by Gasteiger charge is -2.23. The SMILES string of the molecule is CCCCCCNc1nc(SCCC)nc2c1nnn2[C@@H]1O[C@H](CO)[C@H]2OC(C)(C)O[C@H]21. The van der Waals surface area contributed by atoms with Crippen LogP contribution in [0.5, 0.6) is 0 Å². The van der Waals surface area contributed by atoms with Crippen molar-refractivity contribution in [1.82, 2.24) is 25.0 Å². The van der Waals surface area contributed by atoms with Crippen LogP contribution in [-0.2, 0) is 14.2 Å². The predicted octanol–water partition coefficient (Wildman–Crippen LogP) is 3.13. The zero-order valence-corrected chi connectivity index (χ0v) is 20.1. The number of thioether (sulfide) groups is 1. The molecule has 0 aromatic carbocycles. The maximum atomic E-state index is 9.81. The lowest BCUT2D eigenvalue weighted by Crippen LogP contribution is -2.31. The summed E-state index contributed by atoms with van der Waals surface area (Å²) in [4.78, 5) is 9.45. The van der Waals surface area contributed by atoms with Crippen LogP contribution in [0.2, 0.25) is 0 Å². The van der Waals surface area contributed by atoms with Crippen LogP contribution < -0.4 is 5.32 Å². The second kappa shape index (κ2) is 10.2. The van der Waals surface area contributed by atoms with Gasteiger partial charge >= 0.3 is 0 Å². The van der Waals surface area contributed by atoms with Gasteiger partial charge in [-0.25, -0.2) is 9.97 Å². The van der Waals surface area contributed by atoms with Gasteiger partial charge in [-0.1, -0.05) is 50.1 Å². The molecule has 0 saturated carbocycles. The van der Waals surface area contributed by atoms with E-state index in [1.54, 1.807) is 16.4 Å². The quantitative estimate of drug-likeness (QED) is 0.291. The van der Waals surface area contributed by atoms with E-state index in [0.29, 0.717) is 22.1 Å². The average Bonchev–Trinajstić information content (AvgIpc) is 3.42. The number of unbranched alkanes of at least 4 members (excludes halogenated alkanes) is 3. The highest BCUT2D eigenvalue weighted by atomic mass is 32.2. The first-order valence-corrected chi connectivity index (χ1v) is 12.6. The fraction of sp³-hybridized carbons (Fsp3) is 0.810. The Hall–Kier alpha value is -1.53. The third-order valence-electron chi connectivity index (χ3n) is 5.61. The summed E-state index contributed by atoms with van der Waals surface area (Å²) in [5.74, 6) is 0.850. The Morgan fingerprint density at radius 3 is 2.66 bits per heavy atom. The van der Waals surface area contributed by atoms with Gasteiger partial charge in [0.05, 0.1) is 6.61 Å². The largest absolute Gasteiger partial charge is 0.394 e. The predicted molar refractivity (Wildman–Crippen MR) is 122 cm³/mol. The summed E-state index contributed by atoms with van der Waals surface area (Å²) >= 11 is 1.61. The molecular weight excluding hydrogens is 432 g/mol. The molecule has 178 valence electrons. The normalized spacial score (nSPS) is 26.7. The number of aliphatic hydroxyl groups is 1. The van der Waals surface area contributed by atoms with Crippen molar-refractivity contribution in [3.63, 3.8) is 0 Å². The van der Waals surface area contributed by atoms with Crippen molar-refractivity contribution in [2.75, 3.05) is 24.2 Å². The van der Waals surface area contributed by atoms with Crippen molar-refractivity contribution in [3.8, 4) is 0 Å².